The summed E-state index contributed by atoms with van der Waals surface area (Å²) in [6.07, 6.45) is 0.232. The molecule has 1 N–H and O–H groups in total. The number of carbonyl (C=O) groups is 2. The number of amides is 3. The smallest absolute Gasteiger partial charge is 0.387 e. The third-order valence-electron chi connectivity index (χ3n) is 5.37. The molecule has 168 valence electrons. The number of hydrogen-bond acceptors (Lipinski definition) is 5. The summed E-state index contributed by atoms with van der Waals surface area (Å²) in [5, 5.41) is 6.77. The zero-order chi connectivity index (χ0) is 22.5. The first-order chi connectivity index (χ1) is 14.7. The van der Waals surface area contributed by atoms with E-state index in [1.807, 2.05) is 13.8 Å². The molecule has 0 saturated carbocycles. The van der Waals surface area contributed by atoms with Crippen LogP contribution < -0.4 is 10.1 Å². The van der Waals surface area contributed by atoms with E-state index in [1.165, 1.54) is 12.1 Å². The van der Waals surface area contributed by atoms with Crippen molar-refractivity contribution in [3.8, 4) is 5.75 Å². The number of urea groups is 1. The number of aryl methyl sites for hydroxylation is 2. The molecule has 1 aromatic heterocycles. The van der Waals surface area contributed by atoms with Crippen molar-refractivity contribution in [3.63, 3.8) is 0 Å². The lowest BCUT2D eigenvalue weighted by molar-refractivity contribution is -0.131. The number of ether oxygens (including phenoxy) is 1. The number of benzene rings is 1. The molecule has 10 heteroatoms. The number of nitrogens with one attached hydrogen (secondary N) is 1. The summed E-state index contributed by atoms with van der Waals surface area (Å²) in [7, 11) is 0. The predicted octanol–water partition coefficient (Wildman–Crippen LogP) is 3.05. The van der Waals surface area contributed by atoms with Crippen molar-refractivity contribution in [1.82, 2.24) is 20.3 Å². The van der Waals surface area contributed by atoms with Crippen LogP contribution in [0.25, 0.3) is 0 Å². The lowest BCUT2D eigenvalue weighted by atomic mass is 10.1. The van der Waals surface area contributed by atoms with E-state index >= 15 is 0 Å². The van der Waals surface area contributed by atoms with E-state index in [-0.39, 0.29) is 30.2 Å². The van der Waals surface area contributed by atoms with Gasteiger partial charge in [0.2, 0.25) is 5.91 Å². The summed E-state index contributed by atoms with van der Waals surface area (Å²) in [5.41, 5.74) is 2.29. The molecule has 1 fully saturated rings. The first-order valence-electron chi connectivity index (χ1n) is 10.0. The van der Waals surface area contributed by atoms with Crippen molar-refractivity contribution in [2.75, 3.05) is 26.2 Å². The molecule has 1 unspecified atom stereocenters. The number of alkyl halides is 2. The SMILES string of the molecule is Cc1noc(C)c1CC(=O)N1CCN(C(=O)NC(C)c2ccc(OC(F)F)cc2)CC1. The highest BCUT2D eigenvalue weighted by molar-refractivity contribution is 5.80. The van der Waals surface area contributed by atoms with E-state index in [0.717, 1.165) is 11.1 Å². The Balaban J connectivity index is 1.48. The molecule has 3 rings (SSSR count). The van der Waals surface area contributed by atoms with Gasteiger partial charge < -0.3 is 24.4 Å². The fourth-order valence-corrected chi connectivity index (χ4v) is 3.47. The molecule has 2 aromatic rings. The summed E-state index contributed by atoms with van der Waals surface area (Å²) in [6, 6.07) is 5.59. The number of aromatic nitrogens is 1. The van der Waals surface area contributed by atoms with Crippen LogP contribution in [0.2, 0.25) is 0 Å². The molecule has 8 nitrogen and oxygen atoms in total. The number of halogens is 2. The Hall–Kier alpha value is -3.17. The van der Waals surface area contributed by atoms with Gasteiger partial charge in [0.25, 0.3) is 0 Å². The number of rotatable bonds is 6. The first kappa shape index (κ1) is 22.5. The van der Waals surface area contributed by atoms with Gasteiger partial charge in [-0.25, -0.2) is 4.79 Å². The van der Waals surface area contributed by atoms with E-state index in [2.05, 4.69) is 15.2 Å². The molecule has 1 aliphatic rings. The Morgan fingerprint density at radius 1 is 1.13 bits per heavy atom. The van der Waals surface area contributed by atoms with Crippen LogP contribution in [0.15, 0.2) is 28.8 Å². The molecular weight excluding hydrogens is 410 g/mol. The van der Waals surface area contributed by atoms with Crippen LogP contribution >= 0.6 is 0 Å². The molecule has 1 aromatic carbocycles. The van der Waals surface area contributed by atoms with E-state index in [0.29, 0.717) is 37.6 Å². The average Bonchev–Trinajstić information content (AvgIpc) is 3.05. The Bertz CT molecular complexity index is 889. The molecule has 31 heavy (non-hydrogen) atoms. The average molecular weight is 436 g/mol. The molecule has 0 bridgehead atoms. The molecular formula is C21H26F2N4O4. The fourth-order valence-electron chi connectivity index (χ4n) is 3.47. The van der Waals surface area contributed by atoms with Gasteiger partial charge in [-0.05, 0) is 38.5 Å². The second-order valence-electron chi connectivity index (χ2n) is 7.47. The van der Waals surface area contributed by atoms with Crippen LogP contribution in [-0.2, 0) is 11.2 Å². The summed E-state index contributed by atoms with van der Waals surface area (Å²) in [5.74, 6) is 0.690. The van der Waals surface area contributed by atoms with Gasteiger partial charge >= 0.3 is 12.6 Å². The van der Waals surface area contributed by atoms with Crippen molar-refractivity contribution in [3.05, 3.63) is 46.8 Å². The van der Waals surface area contributed by atoms with Gasteiger partial charge in [-0.2, -0.15) is 8.78 Å². The van der Waals surface area contributed by atoms with E-state index in [9.17, 15) is 18.4 Å². The minimum atomic E-state index is -2.88. The minimum absolute atomic E-state index is 0.0195. The molecule has 3 amide bonds. The Morgan fingerprint density at radius 3 is 2.29 bits per heavy atom. The highest BCUT2D eigenvalue weighted by atomic mass is 19.3. The van der Waals surface area contributed by atoms with Gasteiger partial charge in [0.15, 0.2) is 0 Å². The van der Waals surface area contributed by atoms with Crippen LogP contribution in [-0.4, -0.2) is 59.7 Å². The summed E-state index contributed by atoms with van der Waals surface area (Å²) < 4.78 is 33.9. The normalized spacial score (nSPS) is 15.2. The maximum Gasteiger partial charge on any atom is 0.387 e. The topological polar surface area (TPSA) is 87.9 Å². The third kappa shape index (κ3) is 5.71. The molecule has 0 spiro atoms. The number of hydrogen-bond donors (Lipinski definition) is 1. The van der Waals surface area contributed by atoms with Crippen LogP contribution in [0.5, 0.6) is 5.75 Å². The summed E-state index contributed by atoms with van der Waals surface area (Å²) in [4.78, 5) is 28.6. The summed E-state index contributed by atoms with van der Waals surface area (Å²) in [6.45, 7) is 4.27. The van der Waals surface area contributed by atoms with Gasteiger partial charge in [-0.15, -0.1) is 0 Å². The van der Waals surface area contributed by atoms with Gasteiger partial charge in [-0.3, -0.25) is 4.79 Å². The van der Waals surface area contributed by atoms with Crippen molar-refractivity contribution < 1.29 is 27.6 Å². The maximum absolute atomic E-state index is 12.6. The van der Waals surface area contributed by atoms with Gasteiger partial charge in [-0.1, -0.05) is 17.3 Å². The predicted molar refractivity (Wildman–Crippen MR) is 108 cm³/mol. The fraction of sp³-hybridized carbons (Fsp3) is 0.476. The van der Waals surface area contributed by atoms with Crippen molar-refractivity contribution >= 4 is 11.9 Å². The lowest BCUT2D eigenvalue weighted by Gasteiger charge is -2.35. The Labute approximate surface area is 179 Å². The molecule has 0 aliphatic carbocycles. The quantitative estimate of drug-likeness (QED) is 0.752. The van der Waals surface area contributed by atoms with Crippen molar-refractivity contribution in [2.24, 2.45) is 0 Å². The first-order valence-corrected chi connectivity index (χ1v) is 10.0. The monoisotopic (exact) mass is 436 g/mol. The van der Waals surface area contributed by atoms with E-state index in [4.69, 9.17) is 4.52 Å². The molecule has 0 radical (unpaired) electrons. The Morgan fingerprint density at radius 2 is 1.74 bits per heavy atom. The van der Waals surface area contributed by atoms with Crippen LogP contribution in [0.4, 0.5) is 13.6 Å². The number of nitrogens with zero attached hydrogens (tertiary/aromatic N) is 3. The van der Waals surface area contributed by atoms with E-state index < -0.39 is 6.61 Å². The third-order valence-corrected chi connectivity index (χ3v) is 5.37. The van der Waals surface area contributed by atoms with Gasteiger partial charge in [0, 0.05) is 31.7 Å². The molecule has 1 atom stereocenters. The Kier molecular flexibility index (Phi) is 7.09. The zero-order valence-electron chi connectivity index (χ0n) is 17.7. The van der Waals surface area contributed by atoms with Crippen LogP contribution in [0.1, 0.15) is 35.5 Å². The number of piperazine rings is 1. The summed E-state index contributed by atoms with van der Waals surface area (Å²) >= 11 is 0. The van der Waals surface area contributed by atoms with Crippen LogP contribution in [0.3, 0.4) is 0 Å². The zero-order valence-corrected chi connectivity index (χ0v) is 17.7. The van der Waals surface area contributed by atoms with Gasteiger partial charge in [0.1, 0.15) is 11.5 Å². The second kappa shape index (κ2) is 9.76. The molecule has 1 aliphatic heterocycles. The molecule has 2 heterocycles. The molecule has 1 saturated heterocycles. The lowest BCUT2D eigenvalue weighted by Crippen LogP contribution is -2.53. The van der Waals surface area contributed by atoms with Crippen LogP contribution in [0, 0.1) is 13.8 Å². The maximum atomic E-state index is 12.6. The van der Waals surface area contributed by atoms with Crippen molar-refractivity contribution in [2.45, 2.75) is 39.8 Å². The largest absolute Gasteiger partial charge is 0.435 e. The standard InChI is InChI=1S/C21H26F2N4O4/c1-13(16-4-6-17(7-5-16)30-20(22)23)24-21(29)27-10-8-26(9-11-27)19(28)12-18-14(2)25-31-15(18)3/h4-7,13,20H,8-12H2,1-3H3,(H,24,29). The minimum Gasteiger partial charge on any atom is -0.435 e. The van der Waals surface area contributed by atoms with E-state index in [1.54, 1.807) is 28.9 Å². The van der Waals surface area contributed by atoms with Crippen molar-refractivity contribution in [1.29, 1.82) is 0 Å². The highest BCUT2D eigenvalue weighted by Gasteiger charge is 2.26. The number of carbonyl (C=O) groups excluding carboxylic acids is 2. The van der Waals surface area contributed by atoms with Gasteiger partial charge in [0.05, 0.1) is 18.2 Å². The second-order valence-corrected chi connectivity index (χ2v) is 7.47. The highest BCUT2D eigenvalue weighted by Crippen LogP contribution is 2.20.